The molecule has 1 heterocycles. The normalized spacial score (nSPS) is 12.0. The molecule has 1 N–H and O–H groups in total. The molecule has 0 bridgehead atoms. The van der Waals surface area contributed by atoms with Crippen LogP contribution in [-0.2, 0) is 6.54 Å². The standard InChI is InChI=1S/C16H19NO4/c1-11(18)14-8-9-17(16(19)15(14)21-3)10-12-4-6-13(20-2)7-5-12/h4-9,11,18H,10H2,1-3H3. The van der Waals surface area contributed by atoms with E-state index in [4.69, 9.17) is 9.47 Å². The summed E-state index contributed by atoms with van der Waals surface area (Å²) in [5, 5.41) is 9.66. The van der Waals surface area contributed by atoms with Crippen LogP contribution in [0.25, 0.3) is 0 Å². The van der Waals surface area contributed by atoms with Crippen molar-refractivity contribution in [2.75, 3.05) is 14.2 Å². The number of benzene rings is 1. The minimum absolute atomic E-state index is 0.181. The summed E-state index contributed by atoms with van der Waals surface area (Å²) in [6.07, 6.45) is 0.917. The molecule has 0 aliphatic carbocycles. The summed E-state index contributed by atoms with van der Waals surface area (Å²) < 4.78 is 11.8. The van der Waals surface area contributed by atoms with Gasteiger partial charge in [0.25, 0.3) is 5.56 Å². The first-order valence-corrected chi connectivity index (χ1v) is 6.65. The van der Waals surface area contributed by atoms with Crippen molar-refractivity contribution < 1.29 is 14.6 Å². The topological polar surface area (TPSA) is 60.7 Å². The fourth-order valence-corrected chi connectivity index (χ4v) is 2.15. The highest BCUT2D eigenvalue weighted by atomic mass is 16.5. The summed E-state index contributed by atoms with van der Waals surface area (Å²) in [5.74, 6) is 0.953. The lowest BCUT2D eigenvalue weighted by Crippen LogP contribution is -2.23. The van der Waals surface area contributed by atoms with Crippen molar-refractivity contribution in [3.8, 4) is 11.5 Å². The van der Waals surface area contributed by atoms with E-state index in [1.165, 1.54) is 7.11 Å². The third-order valence-electron chi connectivity index (χ3n) is 3.32. The van der Waals surface area contributed by atoms with Crippen LogP contribution in [0.3, 0.4) is 0 Å². The Morgan fingerprint density at radius 2 is 1.81 bits per heavy atom. The highest BCUT2D eigenvalue weighted by Gasteiger charge is 2.14. The lowest BCUT2D eigenvalue weighted by atomic mass is 10.1. The van der Waals surface area contributed by atoms with Gasteiger partial charge in [-0.3, -0.25) is 4.79 Å². The van der Waals surface area contributed by atoms with E-state index < -0.39 is 6.10 Å². The molecule has 2 rings (SSSR count). The molecule has 0 spiro atoms. The molecule has 0 fully saturated rings. The quantitative estimate of drug-likeness (QED) is 0.914. The summed E-state index contributed by atoms with van der Waals surface area (Å²) in [6, 6.07) is 9.21. The molecule has 0 radical (unpaired) electrons. The third kappa shape index (κ3) is 3.25. The zero-order chi connectivity index (χ0) is 15.4. The monoisotopic (exact) mass is 289 g/mol. The minimum Gasteiger partial charge on any atom is -0.497 e. The Bertz CT molecular complexity index is 659. The highest BCUT2D eigenvalue weighted by molar-refractivity contribution is 5.33. The number of aliphatic hydroxyl groups is 1. The Morgan fingerprint density at radius 1 is 1.14 bits per heavy atom. The Morgan fingerprint density at radius 3 is 2.33 bits per heavy atom. The molecular weight excluding hydrogens is 270 g/mol. The average molecular weight is 289 g/mol. The van der Waals surface area contributed by atoms with E-state index in [1.54, 1.807) is 30.9 Å². The van der Waals surface area contributed by atoms with E-state index in [-0.39, 0.29) is 11.3 Å². The van der Waals surface area contributed by atoms with Crippen LogP contribution in [0.1, 0.15) is 24.2 Å². The van der Waals surface area contributed by atoms with Gasteiger partial charge in [-0.15, -0.1) is 0 Å². The molecule has 2 aromatic rings. The molecule has 1 atom stereocenters. The molecule has 1 aromatic heterocycles. The van der Waals surface area contributed by atoms with Crippen LogP contribution in [0.15, 0.2) is 41.3 Å². The summed E-state index contributed by atoms with van der Waals surface area (Å²) in [4.78, 5) is 12.4. The molecule has 0 saturated carbocycles. The smallest absolute Gasteiger partial charge is 0.293 e. The minimum atomic E-state index is -0.747. The fraction of sp³-hybridized carbons (Fsp3) is 0.312. The van der Waals surface area contributed by atoms with E-state index in [0.717, 1.165) is 11.3 Å². The molecule has 0 saturated heterocycles. The third-order valence-corrected chi connectivity index (χ3v) is 3.32. The molecule has 5 heteroatoms. The lowest BCUT2D eigenvalue weighted by Gasteiger charge is -2.13. The van der Waals surface area contributed by atoms with Crippen molar-refractivity contribution in [2.45, 2.75) is 19.6 Å². The van der Waals surface area contributed by atoms with Gasteiger partial charge in [0.2, 0.25) is 0 Å². The number of hydrogen-bond donors (Lipinski definition) is 1. The molecule has 21 heavy (non-hydrogen) atoms. The SMILES string of the molecule is COc1ccc(Cn2ccc(C(C)O)c(OC)c2=O)cc1. The van der Waals surface area contributed by atoms with Gasteiger partial charge in [-0.25, -0.2) is 0 Å². The second kappa shape index (κ2) is 6.45. The molecule has 112 valence electrons. The number of methoxy groups -OCH3 is 2. The van der Waals surface area contributed by atoms with Gasteiger partial charge in [0.1, 0.15) is 5.75 Å². The van der Waals surface area contributed by atoms with Crippen LogP contribution in [0.5, 0.6) is 11.5 Å². The van der Waals surface area contributed by atoms with Crippen LogP contribution in [-0.4, -0.2) is 23.9 Å². The first-order chi connectivity index (χ1) is 10.1. The van der Waals surface area contributed by atoms with Crippen molar-refractivity contribution in [3.05, 3.63) is 58.0 Å². The van der Waals surface area contributed by atoms with Crippen molar-refractivity contribution in [1.82, 2.24) is 4.57 Å². The molecule has 1 aromatic carbocycles. The van der Waals surface area contributed by atoms with Gasteiger partial charge >= 0.3 is 0 Å². The fourth-order valence-electron chi connectivity index (χ4n) is 2.15. The number of nitrogens with zero attached hydrogens (tertiary/aromatic N) is 1. The second-order valence-corrected chi connectivity index (χ2v) is 4.76. The maximum Gasteiger partial charge on any atom is 0.293 e. The molecule has 0 aliphatic rings. The van der Waals surface area contributed by atoms with E-state index in [2.05, 4.69) is 0 Å². The van der Waals surface area contributed by atoms with Gasteiger partial charge < -0.3 is 19.1 Å². The van der Waals surface area contributed by atoms with Gasteiger partial charge in [0, 0.05) is 11.8 Å². The Balaban J connectivity index is 2.34. The van der Waals surface area contributed by atoms with Crippen molar-refractivity contribution >= 4 is 0 Å². The van der Waals surface area contributed by atoms with Crippen LogP contribution < -0.4 is 15.0 Å². The summed E-state index contributed by atoms with van der Waals surface area (Å²) >= 11 is 0. The first-order valence-electron chi connectivity index (χ1n) is 6.65. The molecular formula is C16H19NO4. The Labute approximate surface area is 123 Å². The summed E-state index contributed by atoms with van der Waals surface area (Å²) in [7, 11) is 3.04. The number of hydrogen-bond acceptors (Lipinski definition) is 4. The number of aliphatic hydroxyl groups excluding tert-OH is 1. The summed E-state index contributed by atoms with van der Waals surface area (Å²) in [6.45, 7) is 2.03. The van der Waals surface area contributed by atoms with E-state index in [0.29, 0.717) is 12.1 Å². The number of ether oxygens (including phenoxy) is 2. The second-order valence-electron chi connectivity index (χ2n) is 4.76. The van der Waals surface area contributed by atoms with Crippen LogP contribution in [0.4, 0.5) is 0 Å². The molecule has 5 nitrogen and oxygen atoms in total. The van der Waals surface area contributed by atoms with E-state index in [9.17, 15) is 9.90 Å². The van der Waals surface area contributed by atoms with Crippen LogP contribution in [0.2, 0.25) is 0 Å². The molecule has 1 unspecified atom stereocenters. The first kappa shape index (κ1) is 15.1. The summed E-state index contributed by atoms with van der Waals surface area (Å²) in [5.41, 5.74) is 1.21. The zero-order valence-corrected chi connectivity index (χ0v) is 12.4. The van der Waals surface area contributed by atoms with Crippen LogP contribution in [0, 0.1) is 0 Å². The average Bonchev–Trinajstić information content (AvgIpc) is 2.49. The van der Waals surface area contributed by atoms with Gasteiger partial charge in [0.15, 0.2) is 5.75 Å². The largest absolute Gasteiger partial charge is 0.497 e. The van der Waals surface area contributed by atoms with Crippen LogP contribution >= 0.6 is 0 Å². The van der Waals surface area contributed by atoms with Gasteiger partial charge in [-0.2, -0.15) is 0 Å². The number of pyridine rings is 1. The molecule has 0 amide bonds. The lowest BCUT2D eigenvalue weighted by molar-refractivity contribution is 0.193. The highest BCUT2D eigenvalue weighted by Crippen LogP contribution is 2.20. The van der Waals surface area contributed by atoms with Crippen molar-refractivity contribution in [1.29, 1.82) is 0 Å². The maximum absolute atomic E-state index is 12.4. The van der Waals surface area contributed by atoms with Gasteiger partial charge in [-0.1, -0.05) is 12.1 Å². The predicted octanol–water partition coefficient (Wildman–Crippen LogP) is 1.97. The van der Waals surface area contributed by atoms with Gasteiger partial charge in [-0.05, 0) is 30.7 Å². The zero-order valence-electron chi connectivity index (χ0n) is 12.4. The maximum atomic E-state index is 12.4. The van der Waals surface area contributed by atoms with E-state index in [1.807, 2.05) is 24.3 Å². The van der Waals surface area contributed by atoms with E-state index >= 15 is 0 Å². The molecule has 0 aliphatic heterocycles. The van der Waals surface area contributed by atoms with Gasteiger partial charge in [0.05, 0.1) is 26.9 Å². The Hall–Kier alpha value is -2.27. The number of aromatic nitrogens is 1. The van der Waals surface area contributed by atoms with Crippen molar-refractivity contribution in [3.63, 3.8) is 0 Å². The number of rotatable bonds is 5. The predicted molar refractivity (Wildman–Crippen MR) is 80.0 cm³/mol. The Kier molecular flexibility index (Phi) is 4.65. The van der Waals surface area contributed by atoms with Crippen molar-refractivity contribution in [2.24, 2.45) is 0 Å².